The van der Waals surface area contributed by atoms with E-state index in [-0.39, 0.29) is 32.9 Å². The van der Waals surface area contributed by atoms with Crippen molar-refractivity contribution in [1.82, 2.24) is 4.98 Å². The molecule has 0 radical (unpaired) electrons. The number of amides is 1. The van der Waals surface area contributed by atoms with Crippen molar-refractivity contribution in [3.8, 4) is 11.3 Å². The lowest BCUT2D eigenvalue weighted by Crippen LogP contribution is -2.15. The fraction of sp³-hybridized carbons (Fsp3) is 0.296. The summed E-state index contributed by atoms with van der Waals surface area (Å²) in [5.41, 5.74) is -0.341. The van der Waals surface area contributed by atoms with Crippen LogP contribution < -0.4 is 5.32 Å². The number of hydrogen-bond acceptors (Lipinski definition) is 5. The molecule has 0 bridgehead atoms. The quantitative estimate of drug-likeness (QED) is 0.302. The molecule has 0 aliphatic rings. The van der Waals surface area contributed by atoms with Crippen molar-refractivity contribution >= 4 is 34.4 Å². The Morgan fingerprint density at radius 2 is 1.84 bits per heavy atom. The maximum Gasteiger partial charge on any atom is 0.331 e. The molecule has 3 rings (SSSR count). The minimum absolute atomic E-state index is 0.0935. The fourth-order valence-corrected chi connectivity index (χ4v) is 4.33. The molecule has 0 aliphatic heterocycles. The first-order valence-corrected chi connectivity index (χ1v) is 12.2. The molecule has 1 amide bonds. The number of anilines is 1. The fourth-order valence-electron chi connectivity index (χ4n) is 3.63. The highest BCUT2D eigenvalue weighted by Gasteiger charge is 2.25. The predicted molar refractivity (Wildman–Crippen MR) is 137 cm³/mol. The van der Waals surface area contributed by atoms with E-state index in [4.69, 9.17) is 9.84 Å². The Bertz CT molecular complexity index is 1340. The molecule has 0 fully saturated rings. The number of thiazole rings is 1. The van der Waals surface area contributed by atoms with Gasteiger partial charge in [0.1, 0.15) is 17.5 Å². The first-order chi connectivity index (χ1) is 17.3. The lowest BCUT2D eigenvalue weighted by molar-refractivity contribution is -0.132. The summed E-state index contributed by atoms with van der Waals surface area (Å²) in [6, 6.07) is 6.54. The van der Waals surface area contributed by atoms with E-state index in [1.165, 1.54) is 14.0 Å². The third-order valence-corrected chi connectivity index (χ3v) is 6.26. The SMILES string of the molecule is COC(CC(C)(C)C)c1cccc(-c2csc(NC(=O)c3cc(F)c(/C=C(\C)C(=O)O)c(F)c3)n2)c1F. The van der Waals surface area contributed by atoms with Gasteiger partial charge in [0.05, 0.1) is 11.8 Å². The summed E-state index contributed by atoms with van der Waals surface area (Å²) in [4.78, 5) is 27.8. The minimum atomic E-state index is -1.32. The number of rotatable bonds is 8. The predicted octanol–water partition coefficient (Wildman–Crippen LogP) is 7.09. The molecule has 1 atom stereocenters. The highest BCUT2D eigenvalue weighted by molar-refractivity contribution is 7.14. The van der Waals surface area contributed by atoms with Crippen molar-refractivity contribution in [2.75, 3.05) is 12.4 Å². The molecular weight excluding hydrogens is 505 g/mol. The normalized spacial score (nSPS) is 12.9. The van der Waals surface area contributed by atoms with Gasteiger partial charge in [-0.05, 0) is 43.0 Å². The van der Waals surface area contributed by atoms with Crippen molar-refractivity contribution in [3.63, 3.8) is 0 Å². The number of nitrogens with one attached hydrogen (secondary N) is 1. The number of carboxylic acids is 1. The van der Waals surface area contributed by atoms with Gasteiger partial charge >= 0.3 is 5.97 Å². The second kappa shape index (κ2) is 11.3. The standard InChI is InChI=1S/C27H27F3N2O4S/c1-14(25(34)35)9-18-19(28)10-15(11-20(18)29)24(33)32-26-31-21(13-37-26)16-7-6-8-17(23(16)30)22(36-5)12-27(2,3)4/h6-11,13,22H,12H2,1-5H3,(H,34,35)(H,31,32,33)/b14-9+. The zero-order valence-electron chi connectivity index (χ0n) is 21.0. The number of methoxy groups -OCH3 is 1. The summed E-state index contributed by atoms with van der Waals surface area (Å²) < 4.78 is 49.8. The topological polar surface area (TPSA) is 88.5 Å². The highest BCUT2D eigenvalue weighted by Crippen LogP contribution is 2.36. The Hall–Kier alpha value is -3.50. The van der Waals surface area contributed by atoms with Crippen LogP contribution in [-0.4, -0.2) is 29.1 Å². The summed E-state index contributed by atoms with van der Waals surface area (Å²) in [6.45, 7) is 7.31. The molecule has 1 aromatic heterocycles. The molecule has 10 heteroatoms. The van der Waals surface area contributed by atoms with Crippen molar-refractivity contribution < 1.29 is 32.6 Å². The van der Waals surface area contributed by atoms with Gasteiger partial charge in [-0.1, -0.05) is 32.9 Å². The van der Waals surface area contributed by atoms with E-state index in [0.717, 1.165) is 29.5 Å². The van der Waals surface area contributed by atoms with Gasteiger partial charge in [-0.3, -0.25) is 10.1 Å². The number of aliphatic carboxylic acids is 1. The van der Waals surface area contributed by atoms with E-state index in [1.54, 1.807) is 23.6 Å². The van der Waals surface area contributed by atoms with E-state index in [9.17, 15) is 18.4 Å². The summed E-state index contributed by atoms with van der Waals surface area (Å²) in [6.07, 6.45) is 0.986. The number of carboxylic acid groups (broad SMARTS) is 1. The highest BCUT2D eigenvalue weighted by atomic mass is 32.1. The van der Waals surface area contributed by atoms with Crippen molar-refractivity contribution in [2.24, 2.45) is 5.41 Å². The van der Waals surface area contributed by atoms with E-state index >= 15 is 4.39 Å². The van der Waals surface area contributed by atoms with Gasteiger partial charge in [-0.15, -0.1) is 11.3 Å². The van der Waals surface area contributed by atoms with E-state index in [2.05, 4.69) is 10.3 Å². The van der Waals surface area contributed by atoms with Crippen molar-refractivity contribution in [1.29, 1.82) is 0 Å². The molecule has 0 spiro atoms. The van der Waals surface area contributed by atoms with Gasteiger partial charge in [-0.2, -0.15) is 0 Å². The van der Waals surface area contributed by atoms with Gasteiger partial charge < -0.3 is 9.84 Å². The summed E-state index contributed by atoms with van der Waals surface area (Å²) in [7, 11) is 1.53. The molecule has 2 aromatic carbocycles. The summed E-state index contributed by atoms with van der Waals surface area (Å²) in [5, 5.41) is 13.0. The van der Waals surface area contributed by atoms with Gasteiger partial charge in [0.15, 0.2) is 5.13 Å². The summed E-state index contributed by atoms with van der Waals surface area (Å²) >= 11 is 1.03. The number of nitrogens with zero attached hydrogens (tertiary/aromatic N) is 1. The minimum Gasteiger partial charge on any atom is -0.478 e. The monoisotopic (exact) mass is 532 g/mol. The van der Waals surface area contributed by atoms with Gasteiger partial charge in [0, 0.05) is 40.3 Å². The largest absolute Gasteiger partial charge is 0.478 e. The second-order valence-corrected chi connectivity index (χ2v) is 10.5. The number of carbonyl (C=O) groups excluding carboxylic acids is 1. The van der Waals surface area contributed by atoms with Crippen LogP contribution in [0.2, 0.25) is 0 Å². The molecule has 37 heavy (non-hydrogen) atoms. The van der Waals surface area contributed by atoms with Gasteiger partial charge in [0.25, 0.3) is 5.91 Å². The van der Waals surface area contributed by atoms with Crippen LogP contribution in [0.1, 0.15) is 61.7 Å². The molecule has 196 valence electrons. The maximum absolute atomic E-state index is 15.4. The molecule has 2 N–H and O–H groups in total. The number of ether oxygens (including phenoxy) is 1. The number of aromatic nitrogens is 1. The van der Waals surface area contributed by atoms with Crippen LogP contribution in [0.25, 0.3) is 17.3 Å². The van der Waals surface area contributed by atoms with Gasteiger partial charge in [0.2, 0.25) is 0 Å². The molecule has 1 unspecified atom stereocenters. The molecule has 0 saturated carbocycles. The van der Waals surface area contributed by atoms with Crippen LogP contribution in [0.4, 0.5) is 18.3 Å². The first-order valence-electron chi connectivity index (χ1n) is 11.3. The Morgan fingerprint density at radius 3 is 2.41 bits per heavy atom. The van der Waals surface area contributed by atoms with E-state index in [0.29, 0.717) is 12.0 Å². The second-order valence-electron chi connectivity index (χ2n) is 9.68. The molecule has 1 heterocycles. The van der Waals surface area contributed by atoms with Crippen LogP contribution >= 0.6 is 11.3 Å². The van der Waals surface area contributed by atoms with Crippen LogP contribution in [0.5, 0.6) is 0 Å². The number of hydrogen-bond donors (Lipinski definition) is 2. The lowest BCUT2D eigenvalue weighted by Gasteiger charge is -2.26. The number of halogens is 3. The molecule has 6 nitrogen and oxygen atoms in total. The van der Waals surface area contributed by atoms with Crippen LogP contribution in [-0.2, 0) is 9.53 Å². The van der Waals surface area contributed by atoms with Crippen LogP contribution in [0, 0.1) is 22.9 Å². The molecular formula is C27H27F3N2O4S. The third kappa shape index (κ3) is 6.84. The van der Waals surface area contributed by atoms with E-state index in [1.807, 2.05) is 20.8 Å². The van der Waals surface area contributed by atoms with Crippen molar-refractivity contribution in [3.05, 3.63) is 75.4 Å². The Kier molecular flexibility index (Phi) is 8.55. The van der Waals surface area contributed by atoms with Crippen molar-refractivity contribution in [2.45, 2.75) is 40.2 Å². The van der Waals surface area contributed by atoms with Crippen LogP contribution in [0.3, 0.4) is 0 Å². The lowest BCUT2D eigenvalue weighted by atomic mass is 9.86. The Balaban J connectivity index is 1.84. The number of benzene rings is 2. The maximum atomic E-state index is 15.4. The average Bonchev–Trinajstić information content (AvgIpc) is 3.27. The van der Waals surface area contributed by atoms with Crippen LogP contribution in [0.15, 0.2) is 41.3 Å². The van der Waals surface area contributed by atoms with E-state index < -0.39 is 41.0 Å². The molecule has 0 aliphatic carbocycles. The molecule has 0 saturated heterocycles. The average molecular weight is 533 g/mol. The first kappa shape index (κ1) is 28.1. The zero-order valence-corrected chi connectivity index (χ0v) is 21.8. The molecule has 3 aromatic rings. The summed E-state index contributed by atoms with van der Waals surface area (Å²) in [5.74, 6) is -4.82. The Morgan fingerprint density at radius 1 is 1.19 bits per heavy atom. The smallest absolute Gasteiger partial charge is 0.331 e. The zero-order chi connectivity index (χ0) is 27.5. The third-order valence-electron chi connectivity index (χ3n) is 5.50. The number of carbonyl (C=O) groups is 2. The van der Waals surface area contributed by atoms with Gasteiger partial charge in [-0.25, -0.2) is 22.9 Å². The Labute approximate surface area is 216 Å².